The van der Waals surface area contributed by atoms with Gasteiger partial charge in [0.05, 0.1) is 13.7 Å². The van der Waals surface area contributed by atoms with Crippen molar-refractivity contribution in [2.75, 3.05) is 40.5 Å². The molecule has 164 valence electrons. The molecule has 8 nitrogen and oxygen atoms in total. The van der Waals surface area contributed by atoms with Crippen molar-refractivity contribution in [2.45, 2.75) is 31.7 Å². The standard InChI is InChI=1S/C22H31N3O5/c1-29-14-11-23-21(27)19(24-20(26)16-5-7-18(30-2)8-6-16)15-9-12-25(13-10-15)22(28)17-3-4-17/h5-8,15,17,19H,3-4,9-14H2,1-2H3,(H,23,27)(H,24,26). The lowest BCUT2D eigenvalue weighted by Crippen LogP contribution is -2.54. The Balaban J connectivity index is 1.64. The van der Waals surface area contributed by atoms with Crippen LogP contribution < -0.4 is 15.4 Å². The van der Waals surface area contributed by atoms with Crippen molar-refractivity contribution in [3.8, 4) is 5.75 Å². The Bertz CT molecular complexity index is 740. The molecule has 1 saturated heterocycles. The fourth-order valence-corrected chi connectivity index (χ4v) is 3.79. The maximum atomic E-state index is 12.8. The van der Waals surface area contributed by atoms with Crippen LogP contribution >= 0.6 is 0 Å². The summed E-state index contributed by atoms with van der Waals surface area (Å²) in [6, 6.07) is 6.11. The van der Waals surface area contributed by atoms with E-state index in [-0.39, 0.29) is 29.6 Å². The summed E-state index contributed by atoms with van der Waals surface area (Å²) in [4.78, 5) is 39.8. The number of amides is 3. The van der Waals surface area contributed by atoms with Gasteiger partial charge in [0.25, 0.3) is 5.91 Å². The highest BCUT2D eigenvalue weighted by Gasteiger charge is 2.38. The molecule has 1 atom stereocenters. The number of nitrogens with one attached hydrogen (secondary N) is 2. The van der Waals surface area contributed by atoms with Crippen LogP contribution in [-0.2, 0) is 14.3 Å². The van der Waals surface area contributed by atoms with E-state index >= 15 is 0 Å². The minimum absolute atomic E-state index is 0.0296. The summed E-state index contributed by atoms with van der Waals surface area (Å²) in [5, 5.41) is 5.75. The minimum Gasteiger partial charge on any atom is -0.497 e. The zero-order chi connectivity index (χ0) is 21.5. The first-order valence-corrected chi connectivity index (χ1v) is 10.5. The second kappa shape index (κ2) is 10.4. The van der Waals surface area contributed by atoms with E-state index in [9.17, 15) is 14.4 Å². The number of carbonyl (C=O) groups excluding carboxylic acids is 3. The normalized spacial score (nSPS) is 17.9. The molecular weight excluding hydrogens is 386 g/mol. The Morgan fingerprint density at radius 2 is 1.73 bits per heavy atom. The highest BCUT2D eigenvalue weighted by Crippen LogP contribution is 2.33. The monoisotopic (exact) mass is 417 g/mol. The Labute approximate surface area is 177 Å². The molecule has 2 fully saturated rings. The van der Waals surface area contributed by atoms with Gasteiger partial charge in [0.15, 0.2) is 0 Å². The van der Waals surface area contributed by atoms with Crippen molar-refractivity contribution in [3.05, 3.63) is 29.8 Å². The van der Waals surface area contributed by atoms with Gasteiger partial charge in [-0.25, -0.2) is 0 Å². The van der Waals surface area contributed by atoms with Crippen molar-refractivity contribution in [1.82, 2.24) is 15.5 Å². The molecule has 1 unspecified atom stereocenters. The van der Waals surface area contributed by atoms with Gasteiger partial charge in [-0.1, -0.05) is 0 Å². The van der Waals surface area contributed by atoms with Crippen LogP contribution in [0.25, 0.3) is 0 Å². The van der Waals surface area contributed by atoms with Gasteiger partial charge >= 0.3 is 0 Å². The molecule has 2 N–H and O–H groups in total. The third kappa shape index (κ3) is 5.72. The predicted octanol–water partition coefficient (Wildman–Crippen LogP) is 1.20. The van der Waals surface area contributed by atoms with E-state index in [0.717, 1.165) is 12.8 Å². The molecule has 2 aliphatic rings. The van der Waals surface area contributed by atoms with Crippen molar-refractivity contribution in [3.63, 3.8) is 0 Å². The smallest absolute Gasteiger partial charge is 0.251 e. The second-order valence-corrected chi connectivity index (χ2v) is 7.90. The topological polar surface area (TPSA) is 97.0 Å². The summed E-state index contributed by atoms with van der Waals surface area (Å²) < 4.78 is 10.1. The van der Waals surface area contributed by atoms with Crippen LogP contribution in [0.3, 0.4) is 0 Å². The first-order chi connectivity index (χ1) is 14.5. The Morgan fingerprint density at radius 3 is 2.30 bits per heavy atom. The summed E-state index contributed by atoms with van der Waals surface area (Å²) in [5.74, 6) is 0.536. The number of methoxy groups -OCH3 is 2. The maximum absolute atomic E-state index is 12.8. The van der Waals surface area contributed by atoms with Crippen LogP contribution in [-0.4, -0.2) is 69.1 Å². The van der Waals surface area contributed by atoms with E-state index in [1.165, 1.54) is 0 Å². The molecule has 1 aliphatic heterocycles. The molecule has 3 amide bonds. The summed E-state index contributed by atoms with van der Waals surface area (Å²) >= 11 is 0. The molecule has 0 spiro atoms. The van der Waals surface area contributed by atoms with Gasteiger partial charge in [-0.05, 0) is 55.9 Å². The molecule has 30 heavy (non-hydrogen) atoms. The number of carbonyl (C=O) groups is 3. The highest BCUT2D eigenvalue weighted by molar-refractivity contribution is 5.97. The number of piperidine rings is 1. The highest BCUT2D eigenvalue weighted by atomic mass is 16.5. The molecule has 0 radical (unpaired) electrons. The molecule has 1 heterocycles. The predicted molar refractivity (Wildman–Crippen MR) is 111 cm³/mol. The molecule has 1 aromatic rings. The number of rotatable bonds is 9. The summed E-state index contributed by atoms with van der Waals surface area (Å²) in [7, 11) is 3.14. The van der Waals surface area contributed by atoms with E-state index in [0.29, 0.717) is 50.4 Å². The van der Waals surface area contributed by atoms with Gasteiger partial charge in [-0.15, -0.1) is 0 Å². The lowest BCUT2D eigenvalue weighted by Gasteiger charge is -2.36. The Hall–Kier alpha value is -2.61. The fraction of sp³-hybridized carbons (Fsp3) is 0.591. The van der Waals surface area contributed by atoms with Gasteiger partial charge in [-0.3, -0.25) is 14.4 Å². The third-order valence-corrected chi connectivity index (χ3v) is 5.78. The number of benzene rings is 1. The van der Waals surface area contributed by atoms with Gasteiger partial charge < -0.3 is 25.0 Å². The van der Waals surface area contributed by atoms with Gasteiger partial charge in [0.1, 0.15) is 11.8 Å². The molecular formula is C22H31N3O5. The summed E-state index contributed by atoms with van der Waals surface area (Å²) in [6.45, 7) is 2.03. The quantitative estimate of drug-likeness (QED) is 0.589. The number of nitrogens with zero attached hydrogens (tertiary/aromatic N) is 1. The van der Waals surface area contributed by atoms with Crippen LogP contribution in [0, 0.1) is 11.8 Å². The zero-order valence-electron chi connectivity index (χ0n) is 17.7. The number of ether oxygens (including phenoxy) is 2. The van der Waals surface area contributed by atoms with Crippen LogP contribution in [0.2, 0.25) is 0 Å². The first kappa shape index (κ1) is 22.1. The Kier molecular flexibility index (Phi) is 7.68. The van der Waals surface area contributed by atoms with Crippen molar-refractivity contribution in [2.24, 2.45) is 11.8 Å². The van der Waals surface area contributed by atoms with E-state index in [1.54, 1.807) is 38.5 Å². The minimum atomic E-state index is -0.658. The van der Waals surface area contributed by atoms with Crippen LogP contribution in [0.1, 0.15) is 36.0 Å². The third-order valence-electron chi connectivity index (χ3n) is 5.78. The molecule has 3 rings (SSSR count). The second-order valence-electron chi connectivity index (χ2n) is 7.90. The lowest BCUT2D eigenvalue weighted by molar-refractivity contribution is -0.134. The lowest BCUT2D eigenvalue weighted by atomic mass is 9.88. The molecule has 0 bridgehead atoms. The maximum Gasteiger partial charge on any atom is 0.251 e. The van der Waals surface area contributed by atoms with E-state index in [2.05, 4.69) is 10.6 Å². The van der Waals surface area contributed by atoms with Crippen molar-refractivity contribution < 1.29 is 23.9 Å². The fourth-order valence-electron chi connectivity index (χ4n) is 3.79. The van der Waals surface area contributed by atoms with E-state index < -0.39 is 6.04 Å². The van der Waals surface area contributed by atoms with E-state index in [4.69, 9.17) is 9.47 Å². The zero-order valence-corrected chi connectivity index (χ0v) is 17.7. The summed E-state index contributed by atoms with van der Waals surface area (Å²) in [5.41, 5.74) is 0.465. The largest absolute Gasteiger partial charge is 0.497 e. The molecule has 1 aromatic carbocycles. The van der Waals surface area contributed by atoms with Gasteiger partial charge in [-0.2, -0.15) is 0 Å². The summed E-state index contributed by atoms with van der Waals surface area (Å²) in [6.07, 6.45) is 3.34. The average molecular weight is 418 g/mol. The average Bonchev–Trinajstić information content (AvgIpc) is 3.62. The SMILES string of the molecule is COCCNC(=O)C(NC(=O)c1ccc(OC)cc1)C1CCN(C(=O)C2CC2)CC1. The van der Waals surface area contributed by atoms with Gasteiger partial charge in [0.2, 0.25) is 11.8 Å². The van der Waals surface area contributed by atoms with Crippen LogP contribution in [0.5, 0.6) is 5.75 Å². The van der Waals surface area contributed by atoms with Crippen LogP contribution in [0.4, 0.5) is 0 Å². The van der Waals surface area contributed by atoms with Crippen molar-refractivity contribution >= 4 is 17.7 Å². The molecule has 1 aliphatic carbocycles. The molecule has 0 aromatic heterocycles. The van der Waals surface area contributed by atoms with E-state index in [1.807, 2.05) is 4.90 Å². The van der Waals surface area contributed by atoms with Crippen molar-refractivity contribution in [1.29, 1.82) is 0 Å². The number of likely N-dealkylation sites (tertiary alicyclic amines) is 1. The Morgan fingerprint density at radius 1 is 1.07 bits per heavy atom. The molecule has 8 heteroatoms. The number of hydrogen-bond acceptors (Lipinski definition) is 5. The van der Waals surface area contributed by atoms with Crippen LogP contribution in [0.15, 0.2) is 24.3 Å². The number of hydrogen-bond donors (Lipinski definition) is 2. The first-order valence-electron chi connectivity index (χ1n) is 10.5. The molecule has 1 saturated carbocycles. The van der Waals surface area contributed by atoms with Gasteiger partial charge in [0, 0.05) is 38.2 Å².